The minimum absolute atomic E-state index is 0.0775. The van der Waals surface area contributed by atoms with E-state index in [1.165, 1.54) is 5.56 Å². The predicted octanol–water partition coefficient (Wildman–Crippen LogP) is 2.93. The minimum Gasteiger partial charge on any atom is -0.465 e. The van der Waals surface area contributed by atoms with Crippen molar-refractivity contribution in [2.75, 3.05) is 6.54 Å². The average Bonchev–Trinajstić information content (AvgIpc) is 2.30. The van der Waals surface area contributed by atoms with Gasteiger partial charge in [-0.05, 0) is 25.3 Å². The third-order valence-electron chi connectivity index (χ3n) is 3.46. The molecule has 1 heterocycles. The van der Waals surface area contributed by atoms with Crippen LogP contribution in [0.5, 0.6) is 0 Å². The Kier molecular flexibility index (Phi) is 3.13. The van der Waals surface area contributed by atoms with Crippen molar-refractivity contribution < 1.29 is 9.90 Å². The van der Waals surface area contributed by atoms with E-state index in [0.29, 0.717) is 12.5 Å². The van der Waals surface area contributed by atoms with Gasteiger partial charge in [0.25, 0.3) is 0 Å². The molecule has 1 aromatic rings. The van der Waals surface area contributed by atoms with Gasteiger partial charge in [0.2, 0.25) is 0 Å². The Morgan fingerprint density at radius 3 is 2.69 bits per heavy atom. The second-order valence-corrected chi connectivity index (χ2v) is 4.38. The van der Waals surface area contributed by atoms with Crippen LogP contribution in [-0.2, 0) is 0 Å². The zero-order chi connectivity index (χ0) is 11.5. The minimum atomic E-state index is -0.798. The maximum Gasteiger partial charge on any atom is 0.407 e. The zero-order valence-corrected chi connectivity index (χ0v) is 9.47. The highest BCUT2D eigenvalue weighted by atomic mass is 16.4. The summed E-state index contributed by atoms with van der Waals surface area (Å²) in [7, 11) is 0. The van der Waals surface area contributed by atoms with Gasteiger partial charge in [0.05, 0.1) is 0 Å². The van der Waals surface area contributed by atoms with Gasteiger partial charge in [-0.2, -0.15) is 0 Å². The maximum absolute atomic E-state index is 11.1. The fraction of sp³-hybridized carbons (Fsp3) is 0.462. The van der Waals surface area contributed by atoms with Crippen LogP contribution in [0.15, 0.2) is 30.3 Å². The van der Waals surface area contributed by atoms with E-state index >= 15 is 0 Å². The molecule has 0 spiro atoms. The largest absolute Gasteiger partial charge is 0.465 e. The van der Waals surface area contributed by atoms with Gasteiger partial charge in [-0.15, -0.1) is 0 Å². The molecule has 0 aliphatic carbocycles. The summed E-state index contributed by atoms with van der Waals surface area (Å²) in [6, 6.07) is 10.3. The third kappa shape index (κ3) is 2.03. The van der Waals surface area contributed by atoms with Crippen LogP contribution in [0.25, 0.3) is 0 Å². The molecule has 2 atom stereocenters. The Hall–Kier alpha value is -1.51. The van der Waals surface area contributed by atoms with E-state index in [-0.39, 0.29) is 6.04 Å². The molecule has 2 rings (SSSR count). The molecular weight excluding hydrogens is 202 g/mol. The Balaban J connectivity index is 2.19. The molecular formula is C13H17NO2. The molecule has 0 radical (unpaired) electrons. The standard InChI is InChI=1S/C13H17NO2/c1-10-12(11-6-3-2-4-7-11)8-5-9-14(10)13(15)16/h2-4,6-7,10,12H,5,8-9H2,1H3,(H,15,16). The number of rotatable bonds is 1. The second-order valence-electron chi connectivity index (χ2n) is 4.38. The summed E-state index contributed by atoms with van der Waals surface area (Å²) < 4.78 is 0. The monoisotopic (exact) mass is 219 g/mol. The van der Waals surface area contributed by atoms with Crippen molar-refractivity contribution in [3.05, 3.63) is 35.9 Å². The summed E-state index contributed by atoms with van der Waals surface area (Å²) in [5.74, 6) is 0.339. The second kappa shape index (κ2) is 4.56. The summed E-state index contributed by atoms with van der Waals surface area (Å²) in [5.41, 5.74) is 1.25. The molecule has 0 aromatic heterocycles. The molecule has 0 bridgehead atoms. The molecule has 1 amide bonds. The molecule has 16 heavy (non-hydrogen) atoms. The molecule has 0 saturated carbocycles. The molecule has 1 aliphatic rings. The molecule has 1 aliphatic heterocycles. The van der Waals surface area contributed by atoms with Crippen molar-refractivity contribution in [1.82, 2.24) is 4.90 Å². The summed E-state index contributed by atoms with van der Waals surface area (Å²) in [5, 5.41) is 9.10. The van der Waals surface area contributed by atoms with E-state index in [1.807, 2.05) is 25.1 Å². The van der Waals surface area contributed by atoms with Gasteiger partial charge < -0.3 is 10.0 Å². The predicted molar refractivity (Wildman–Crippen MR) is 62.6 cm³/mol. The number of amides is 1. The van der Waals surface area contributed by atoms with Crippen LogP contribution in [0.4, 0.5) is 4.79 Å². The number of benzene rings is 1. The lowest BCUT2D eigenvalue weighted by atomic mass is 9.84. The summed E-state index contributed by atoms with van der Waals surface area (Å²) in [4.78, 5) is 12.6. The fourth-order valence-corrected chi connectivity index (χ4v) is 2.56. The number of hydrogen-bond acceptors (Lipinski definition) is 1. The molecule has 2 unspecified atom stereocenters. The lowest BCUT2D eigenvalue weighted by molar-refractivity contribution is 0.103. The number of carbonyl (C=O) groups is 1. The molecule has 1 fully saturated rings. The summed E-state index contributed by atoms with van der Waals surface area (Å²) >= 11 is 0. The summed E-state index contributed by atoms with van der Waals surface area (Å²) in [6.45, 7) is 2.67. The first-order valence-corrected chi connectivity index (χ1v) is 5.74. The lowest BCUT2D eigenvalue weighted by Gasteiger charge is -2.37. The number of likely N-dealkylation sites (tertiary alicyclic amines) is 1. The first-order valence-electron chi connectivity index (χ1n) is 5.74. The third-order valence-corrected chi connectivity index (χ3v) is 3.46. The van der Waals surface area contributed by atoms with Gasteiger partial charge >= 0.3 is 6.09 Å². The molecule has 86 valence electrons. The number of hydrogen-bond donors (Lipinski definition) is 1. The lowest BCUT2D eigenvalue weighted by Crippen LogP contribution is -2.45. The Morgan fingerprint density at radius 2 is 2.06 bits per heavy atom. The van der Waals surface area contributed by atoms with Crippen LogP contribution in [-0.4, -0.2) is 28.7 Å². The van der Waals surface area contributed by atoms with Crippen LogP contribution in [0.3, 0.4) is 0 Å². The van der Waals surface area contributed by atoms with E-state index in [9.17, 15) is 4.79 Å². The van der Waals surface area contributed by atoms with E-state index < -0.39 is 6.09 Å². The van der Waals surface area contributed by atoms with Crippen molar-refractivity contribution in [3.63, 3.8) is 0 Å². The molecule has 1 saturated heterocycles. The highest BCUT2D eigenvalue weighted by Gasteiger charge is 2.31. The Morgan fingerprint density at radius 1 is 1.38 bits per heavy atom. The number of carboxylic acid groups (broad SMARTS) is 1. The van der Waals surface area contributed by atoms with Crippen LogP contribution >= 0.6 is 0 Å². The first-order chi connectivity index (χ1) is 7.70. The van der Waals surface area contributed by atoms with E-state index in [0.717, 1.165) is 12.8 Å². The fourth-order valence-electron chi connectivity index (χ4n) is 2.56. The normalized spacial score (nSPS) is 25.4. The van der Waals surface area contributed by atoms with Gasteiger partial charge in [0, 0.05) is 18.5 Å². The van der Waals surface area contributed by atoms with E-state index in [1.54, 1.807) is 4.90 Å². The first kappa shape index (κ1) is 11.0. The zero-order valence-electron chi connectivity index (χ0n) is 9.47. The SMILES string of the molecule is CC1C(c2ccccc2)CCCN1C(=O)O. The van der Waals surface area contributed by atoms with Crippen LogP contribution in [0, 0.1) is 0 Å². The highest BCUT2D eigenvalue weighted by Crippen LogP contribution is 2.32. The van der Waals surface area contributed by atoms with Crippen molar-refractivity contribution in [1.29, 1.82) is 0 Å². The smallest absolute Gasteiger partial charge is 0.407 e. The highest BCUT2D eigenvalue weighted by molar-refractivity contribution is 5.65. The van der Waals surface area contributed by atoms with E-state index in [4.69, 9.17) is 5.11 Å². The Labute approximate surface area is 95.7 Å². The summed E-state index contributed by atoms with van der Waals surface area (Å²) in [6.07, 6.45) is 1.23. The molecule has 3 heteroatoms. The van der Waals surface area contributed by atoms with Crippen LogP contribution < -0.4 is 0 Å². The molecule has 1 aromatic carbocycles. The van der Waals surface area contributed by atoms with Crippen molar-refractivity contribution in [3.8, 4) is 0 Å². The number of piperidine rings is 1. The van der Waals surface area contributed by atoms with Gasteiger partial charge in [-0.1, -0.05) is 30.3 Å². The quantitative estimate of drug-likeness (QED) is 0.789. The van der Waals surface area contributed by atoms with Gasteiger partial charge in [-0.3, -0.25) is 0 Å². The number of nitrogens with zero attached hydrogens (tertiary/aromatic N) is 1. The van der Waals surface area contributed by atoms with Crippen LogP contribution in [0.2, 0.25) is 0 Å². The van der Waals surface area contributed by atoms with Crippen molar-refractivity contribution in [2.24, 2.45) is 0 Å². The van der Waals surface area contributed by atoms with Crippen molar-refractivity contribution >= 4 is 6.09 Å². The maximum atomic E-state index is 11.1. The van der Waals surface area contributed by atoms with Crippen LogP contribution in [0.1, 0.15) is 31.2 Å². The van der Waals surface area contributed by atoms with Gasteiger partial charge in [0.1, 0.15) is 0 Å². The molecule has 1 N–H and O–H groups in total. The Bertz CT molecular complexity index is 363. The van der Waals surface area contributed by atoms with Gasteiger partial charge in [0.15, 0.2) is 0 Å². The molecule has 3 nitrogen and oxygen atoms in total. The topological polar surface area (TPSA) is 40.5 Å². The van der Waals surface area contributed by atoms with E-state index in [2.05, 4.69) is 12.1 Å². The van der Waals surface area contributed by atoms with Gasteiger partial charge in [-0.25, -0.2) is 4.79 Å². The van der Waals surface area contributed by atoms with Crippen molar-refractivity contribution in [2.45, 2.75) is 31.7 Å². The average molecular weight is 219 g/mol.